The van der Waals surface area contributed by atoms with Crippen molar-refractivity contribution in [3.8, 4) is 0 Å². The number of nitrogens with zero attached hydrogens (tertiary/aromatic N) is 6. The monoisotopic (exact) mass is 472 g/mol. The van der Waals surface area contributed by atoms with Crippen molar-refractivity contribution in [3.63, 3.8) is 0 Å². The average Bonchev–Trinajstić information content (AvgIpc) is 2.83. The highest BCUT2D eigenvalue weighted by atomic mass is 35.5. The normalized spacial score (nSPS) is 19.4. The summed E-state index contributed by atoms with van der Waals surface area (Å²) in [6, 6.07) is 10.1. The molecule has 3 aromatic rings. The number of aliphatic hydroxyl groups excluding tert-OH is 1. The maximum Gasteiger partial charge on any atom is 0.229 e. The number of piperazine rings is 1. The van der Waals surface area contributed by atoms with Gasteiger partial charge < -0.3 is 25.5 Å². The van der Waals surface area contributed by atoms with Gasteiger partial charge >= 0.3 is 0 Å². The summed E-state index contributed by atoms with van der Waals surface area (Å²) in [4.78, 5) is 23.2. The van der Waals surface area contributed by atoms with Gasteiger partial charge in [0.15, 0.2) is 28.0 Å². The van der Waals surface area contributed by atoms with Crippen molar-refractivity contribution in [2.45, 2.75) is 12.0 Å². The van der Waals surface area contributed by atoms with E-state index in [1.807, 2.05) is 30.3 Å². The van der Waals surface area contributed by atoms with Crippen LogP contribution in [0.2, 0.25) is 5.15 Å². The summed E-state index contributed by atoms with van der Waals surface area (Å²) in [5.74, 6) is 2.61. The second-order valence-electron chi connectivity index (χ2n) is 7.73. The van der Waals surface area contributed by atoms with Crippen molar-refractivity contribution in [2.75, 3.05) is 60.1 Å². The molecule has 2 aromatic heterocycles. The Morgan fingerprint density at radius 1 is 1.06 bits per heavy atom. The van der Waals surface area contributed by atoms with Gasteiger partial charge in [-0.3, -0.25) is 0 Å². The molecule has 0 spiro atoms. The molecule has 0 radical (unpaired) electrons. The molecule has 2 fully saturated rings. The molecule has 1 unspecified atom stereocenters. The van der Waals surface area contributed by atoms with Gasteiger partial charge in [-0.1, -0.05) is 41.9 Å². The summed E-state index contributed by atoms with van der Waals surface area (Å²) in [6.45, 7) is 5.23. The van der Waals surface area contributed by atoms with E-state index in [9.17, 15) is 5.11 Å². The third kappa shape index (κ3) is 4.68. The molecule has 3 N–H and O–H groups in total. The average molecular weight is 473 g/mol. The number of thioether (sulfide) groups is 1. The zero-order valence-corrected chi connectivity index (χ0v) is 19.1. The predicted molar refractivity (Wildman–Crippen MR) is 130 cm³/mol. The van der Waals surface area contributed by atoms with Gasteiger partial charge in [0.1, 0.15) is 5.44 Å². The lowest BCUT2D eigenvalue weighted by atomic mass is 10.2. The lowest BCUT2D eigenvalue weighted by molar-refractivity contribution is 0.264. The molecule has 11 heteroatoms. The number of halogens is 1. The number of hydrogen-bond donors (Lipinski definition) is 3. The van der Waals surface area contributed by atoms with Crippen molar-refractivity contribution >= 4 is 52.1 Å². The minimum absolute atomic E-state index is 0.278. The maximum atomic E-state index is 10.2. The lowest BCUT2D eigenvalue weighted by Gasteiger charge is -2.32. The summed E-state index contributed by atoms with van der Waals surface area (Å²) in [5, 5.41) is 17.1. The van der Waals surface area contributed by atoms with Crippen LogP contribution in [0.1, 0.15) is 5.56 Å². The van der Waals surface area contributed by atoms with Gasteiger partial charge in [0.05, 0.1) is 6.54 Å². The first kappa shape index (κ1) is 21.4. The maximum absolute atomic E-state index is 10.2. The van der Waals surface area contributed by atoms with Crippen LogP contribution in [0, 0.1) is 0 Å². The van der Waals surface area contributed by atoms with Crippen molar-refractivity contribution in [1.29, 1.82) is 0 Å². The highest BCUT2D eigenvalue weighted by molar-refractivity contribution is 7.99. The van der Waals surface area contributed by atoms with Gasteiger partial charge in [-0.2, -0.15) is 9.97 Å². The van der Waals surface area contributed by atoms with E-state index < -0.39 is 5.44 Å². The van der Waals surface area contributed by atoms with E-state index in [-0.39, 0.29) is 5.15 Å². The number of hydrogen-bond acceptors (Lipinski definition) is 10. The first-order valence-corrected chi connectivity index (χ1v) is 12.1. The van der Waals surface area contributed by atoms with Gasteiger partial charge in [-0.05, 0) is 5.56 Å². The summed E-state index contributed by atoms with van der Waals surface area (Å²) >= 11 is 8.06. The number of aromatic nitrogens is 4. The fraction of sp³-hybridized carbons (Fsp3) is 0.429. The van der Waals surface area contributed by atoms with Crippen molar-refractivity contribution in [1.82, 2.24) is 25.3 Å². The number of fused-ring (bicyclic) bond motifs is 1. The molecule has 2 aliphatic rings. The van der Waals surface area contributed by atoms with Crippen LogP contribution in [-0.4, -0.2) is 75.5 Å². The van der Waals surface area contributed by atoms with Crippen LogP contribution in [0.5, 0.6) is 0 Å². The Morgan fingerprint density at radius 3 is 2.66 bits per heavy atom. The van der Waals surface area contributed by atoms with Gasteiger partial charge in [-0.15, -0.1) is 11.8 Å². The van der Waals surface area contributed by atoms with E-state index >= 15 is 0 Å². The number of nitrogens with one attached hydrogen (secondary N) is 2. The fourth-order valence-electron chi connectivity index (χ4n) is 3.85. The third-order valence-electron chi connectivity index (χ3n) is 5.51. The van der Waals surface area contributed by atoms with Crippen molar-refractivity contribution in [2.24, 2.45) is 0 Å². The molecule has 0 aliphatic carbocycles. The lowest BCUT2D eigenvalue weighted by Crippen LogP contribution is -2.44. The molecule has 1 aromatic carbocycles. The quantitative estimate of drug-likeness (QED) is 0.510. The highest BCUT2D eigenvalue weighted by Gasteiger charge is 2.26. The van der Waals surface area contributed by atoms with Gasteiger partial charge in [0.2, 0.25) is 5.95 Å². The number of aliphatic hydroxyl groups is 1. The first-order chi connectivity index (χ1) is 15.7. The standard InChI is InChI=1S/C21H25ClN8OS/c22-17-19(24-12-14-4-2-1-3-5-14)26-18-16(25-17)20(30-10-11-32-15(31)13-30)28-21(27-18)29-8-6-23-7-9-29/h1-5,15,23,31H,6-13H2,(H,24,26,27,28). The van der Waals surface area contributed by atoms with E-state index in [4.69, 9.17) is 26.6 Å². The van der Waals surface area contributed by atoms with Crippen LogP contribution < -0.4 is 20.4 Å². The largest absolute Gasteiger partial charge is 0.381 e. The van der Waals surface area contributed by atoms with Gasteiger partial charge in [-0.25, -0.2) is 9.97 Å². The Kier molecular flexibility index (Phi) is 6.44. The number of benzene rings is 1. The van der Waals surface area contributed by atoms with Crippen molar-refractivity contribution in [3.05, 3.63) is 41.0 Å². The van der Waals surface area contributed by atoms with Gasteiger partial charge in [0.25, 0.3) is 0 Å². The van der Waals surface area contributed by atoms with E-state index in [1.165, 1.54) is 0 Å². The Hall–Kier alpha value is -2.40. The molecule has 4 heterocycles. The molecule has 9 nitrogen and oxygen atoms in total. The molecule has 0 amide bonds. The topological polar surface area (TPSA) is 102 Å². The van der Waals surface area contributed by atoms with E-state index in [1.54, 1.807) is 11.8 Å². The zero-order chi connectivity index (χ0) is 21.9. The predicted octanol–water partition coefficient (Wildman–Crippen LogP) is 1.97. The molecule has 2 saturated heterocycles. The molecule has 1 atom stereocenters. The molecule has 5 rings (SSSR count). The summed E-state index contributed by atoms with van der Waals surface area (Å²) in [7, 11) is 0. The molecule has 168 valence electrons. The van der Waals surface area contributed by atoms with Crippen LogP contribution in [-0.2, 0) is 6.54 Å². The summed E-state index contributed by atoms with van der Waals surface area (Å²) in [6.07, 6.45) is 0. The molecule has 2 aliphatic heterocycles. The van der Waals surface area contributed by atoms with Crippen LogP contribution in [0.25, 0.3) is 11.2 Å². The van der Waals surface area contributed by atoms with E-state index in [0.29, 0.717) is 41.8 Å². The minimum atomic E-state index is -0.466. The smallest absolute Gasteiger partial charge is 0.229 e. The number of rotatable bonds is 5. The zero-order valence-electron chi connectivity index (χ0n) is 17.5. The Bertz CT molecular complexity index is 1080. The van der Waals surface area contributed by atoms with Crippen molar-refractivity contribution < 1.29 is 5.11 Å². The molecule has 32 heavy (non-hydrogen) atoms. The molecular weight excluding hydrogens is 448 g/mol. The number of β-amino-alcohol motifs (C(OH)–C–C–N with tert-alkyl or cyclic N) is 1. The van der Waals surface area contributed by atoms with E-state index in [2.05, 4.69) is 25.4 Å². The highest BCUT2D eigenvalue weighted by Crippen LogP contribution is 2.31. The van der Waals surface area contributed by atoms with Crippen LogP contribution in [0.4, 0.5) is 17.6 Å². The Balaban J connectivity index is 1.53. The Labute approximate surface area is 195 Å². The summed E-state index contributed by atoms with van der Waals surface area (Å²) in [5.41, 5.74) is 1.70. The van der Waals surface area contributed by atoms with E-state index in [0.717, 1.165) is 44.0 Å². The van der Waals surface area contributed by atoms with Crippen LogP contribution in [0.3, 0.4) is 0 Å². The fourth-order valence-corrected chi connectivity index (χ4v) is 4.92. The summed E-state index contributed by atoms with van der Waals surface area (Å²) < 4.78 is 0. The molecule has 0 bridgehead atoms. The SMILES string of the molecule is OC1CN(c2nc(N3CCNCC3)nc3nc(NCc4ccccc4)c(Cl)nc23)CCS1. The number of anilines is 3. The molecule has 0 saturated carbocycles. The minimum Gasteiger partial charge on any atom is -0.381 e. The van der Waals surface area contributed by atoms with Crippen LogP contribution in [0.15, 0.2) is 30.3 Å². The third-order valence-corrected chi connectivity index (χ3v) is 6.72. The second-order valence-corrected chi connectivity index (χ2v) is 9.37. The van der Waals surface area contributed by atoms with Crippen LogP contribution >= 0.6 is 23.4 Å². The molecular formula is C21H25ClN8OS. The van der Waals surface area contributed by atoms with Gasteiger partial charge in [0, 0.05) is 45.0 Å². The Morgan fingerprint density at radius 2 is 1.88 bits per heavy atom. The second kappa shape index (κ2) is 9.62. The first-order valence-electron chi connectivity index (χ1n) is 10.7.